The first-order valence-corrected chi connectivity index (χ1v) is 18.4. The molecule has 0 fully saturated rings. The largest absolute Gasteiger partial charge is 4.00 e. The maximum atomic E-state index is 4.11. The van der Waals surface area contributed by atoms with Gasteiger partial charge in [0.2, 0.25) is 0 Å². The van der Waals surface area contributed by atoms with Crippen molar-refractivity contribution >= 4 is 36.9 Å². The van der Waals surface area contributed by atoms with E-state index in [1.54, 1.807) is 5.19 Å². The van der Waals surface area contributed by atoms with Crippen LogP contribution in [-0.2, 0) is 21.7 Å². The van der Waals surface area contributed by atoms with Gasteiger partial charge >= 0.3 is 21.7 Å². The molecule has 206 valence electrons. The van der Waals surface area contributed by atoms with Crippen molar-refractivity contribution in [1.82, 2.24) is 0 Å². The maximum Gasteiger partial charge on any atom is 4.00 e. The van der Waals surface area contributed by atoms with E-state index in [9.17, 15) is 0 Å². The summed E-state index contributed by atoms with van der Waals surface area (Å²) in [5.41, 5.74) is 8.28. The minimum absolute atomic E-state index is 0. The predicted molar refractivity (Wildman–Crippen MR) is 160 cm³/mol. The smallest absolute Gasteiger partial charge is 1.00 e. The Morgan fingerprint density at radius 1 is 0.641 bits per heavy atom. The molecule has 1 aliphatic carbocycles. The molecule has 1 aliphatic rings. The Morgan fingerprint density at radius 2 is 1.21 bits per heavy atom. The quantitative estimate of drug-likeness (QED) is 0.163. The number of benzene rings is 3. The fraction of sp³-hybridized carbons (Fsp3) is 0.333. The van der Waals surface area contributed by atoms with Gasteiger partial charge in [0, 0.05) is 0 Å². The van der Waals surface area contributed by atoms with E-state index in [2.05, 4.69) is 141 Å². The average Bonchev–Trinajstić information content (AvgIpc) is 2.99. The van der Waals surface area contributed by atoms with E-state index in [1.807, 2.05) is 0 Å². The van der Waals surface area contributed by atoms with Crippen LogP contribution in [0.1, 0.15) is 44.4 Å². The normalized spacial score (nSPS) is 18.1. The van der Waals surface area contributed by atoms with E-state index in [0.717, 1.165) is 0 Å². The van der Waals surface area contributed by atoms with Crippen molar-refractivity contribution < 1.29 is 58.9 Å². The van der Waals surface area contributed by atoms with E-state index in [1.165, 1.54) is 49.0 Å². The first-order valence-electron chi connectivity index (χ1n) is 12.9. The van der Waals surface area contributed by atoms with E-state index >= 15 is 0 Å². The third-order valence-electron chi connectivity index (χ3n) is 8.44. The summed E-state index contributed by atoms with van der Waals surface area (Å²) in [4.78, 5) is 0. The van der Waals surface area contributed by atoms with Crippen molar-refractivity contribution in [2.24, 2.45) is 0 Å². The molecule has 4 rings (SSSR count). The van der Waals surface area contributed by atoms with Gasteiger partial charge in [0.05, 0.1) is 8.07 Å². The van der Waals surface area contributed by atoms with Crippen LogP contribution in [0.2, 0.25) is 24.7 Å². The molecular weight excluding hydrogens is 607 g/mol. The fourth-order valence-electron chi connectivity index (χ4n) is 6.18. The van der Waals surface area contributed by atoms with E-state index < -0.39 is 16.1 Å². The fourth-order valence-corrected chi connectivity index (χ4v) is 14.0. The van der Waals surface area contributed by atoms with Gasteiger partial charge in [-0.25, -0.2) is 5.57 Å². The second kappa shape index (κ2) is 13.9. The molecule has 2 atom stereocenters. The number of hydrogen-bond acceptors (Lipinski definition) is 0. The number of rotatable bonds is 5. The zero-order valence-electron chi connectivity index (χ0n) is 25.0. The molecule has 3 aromatic carbocycles. The molecule has 0 nitrogen and oxygen atoms in total. The number of halogens is 3. The zero-order chi connectivity index (χ0) is 25.8. The Kier molecular flexibility index (Phi) is 13.6. The first-order chi connectivity index (χ1) is 16.3. The van der Waals surface area contributed by atoms with Crippen LogP contribution in [0.15, 0.2) is 83.4 Å². The summed E-state index contributed by atoms with van der Waals surface area (Å²) >= 11 is 0. The van der Waals surface area contributed by atoms with Crippen molar-refractivity contribution in [2.75, 3.05) is 0 Å². The van der Waals surface area contributed by atoms with Gasteiger partial charge in [-0.2, -0.15) is 11.1 Å². The summed E-state index contributed by atoms with van der Waals surface area (Å²) in [5.74, 6) is 0. The summed E-state index contributed by atoms with van der Waals surface area (Å²) in [6.07, 6.45) is 4.11. The summed E-state index contributed by atoms with van der Waals surface area (Å²) in [7, 11) is -4.17. The van der Waals surface area contributed by atoms with Crippen LogP contribution in [0.4, 0.5) is 0 Å². The van der Waals surface area contributed by atoms with Crippen LogP contribution in [-0.4, -0.2) is 16.1 Å². The minimum atomic E-state index is -2.65. The van der Waals surface area contributed by atoms with Crippen LogP contribution < -0.4 is 58.0 Å². The molecule has 0 aromatic heterocycles. The van der Waals surface area contributed by atoms with E-state index in [-0.39, 0.29) is 64.0 Å². The second-order valence-electron chi connectivity index (χ2n) is 11.9. The summed E-state index contributed by atoms with van der Waals surface area (Å²) < 4.78 is 0. The molecule has 0 aliphatic heterocycles. The molecule has 0 saturated heterocycles. The van der Waals surface area contributed by atoms with Crippen molar-refractivity contribution in [2.45, 2.75) is 73.1 Å². The SMILES string of the molecule is CC1=[C-]C(C)([Si](c2ccccc2)(c2cc(C)cc([Si](C)(C)C)c2)c2cc(C)ccc2C)C(C)=C1C.[Cl-].[Cl-].[Cl-].[Ti+4]. The van der Waals surface area contributed by atoms with E-state index in [4.69, 9.17) is 0 Å². The number of hydrogen-bond donors (Lipinski definition) is 0. The summed E-state index contributed by atoms with van der Waals surface area (Å²) in [5, 5.41) is 5.87. The van der Waals surface area contributed by atoms with Crippen LogP contribution in [0.25, 0.3) is 0 Å². The molecule has 0 amide bonds. The molecule has 0 heterocycles. The Hall–Kier alpha value is -0.842. The first kappa shape index (κ1) is 38.2. The molecule has 2 unspecified atom stereocenters. The monoisotopic (exact) mass is 646 g/mol. The number of allylic oxidation sites excluding steroid dienone is 4. The third kappa shape index (κ3) is 6.49. The third-order valence-corrected chi connectivity index (χ3v) is 16.2. The van der Waals surface area contributed by atoms with Crippen LogP contribution in [0.5, 0.6) is 0 Å². The van der Waals surface area contributed by atoms with Gasteiger partial charge in [0.15, 0.2) is 0 Å². The van der Waals surface area contributed by atoms with Gasteiger partial charge in [0.1, 0.15) is 8.07 Å². The van der Waals surface area contributed by atoms with Gasteiger partial charge in [0.25, 0.3) is 0 Å². The van der Waals surface area contributed by atoms with Crippen molar-refractivity contribution in [3.8, 4) is 0 Å². The van der Waals surface area contributed by atoms with E-state index in [0.29, 0.717) is 0 Å². The predicted octanol–water partition coefficient (Wildman–Crippen LogP) is -2.50. The standard InChI is InChI=1S/C33H41Si2.3ClH.Ti/c1-23-16-17-25(3)32(20-23)35(29-14-12-11-13-15-29,33(7)22-26(4)27(5)28(33)6)31-19-24(2)18-30(21-31)34(8,9)10;;;;/h11-21H,1-10H3;3*1H;/q-1;;;;+4/p-3. The minimum Gasteiger partial charge on any atom is -1.00 e. The topological polar surface area (TPSA) is 0 Å². The molecule has 3 aromatic rings. The Balaban J connectivity index is 0.00000361. The molecule has 0 N–H and O–H groups in total. The zero-order valence-corrected chi connectivity index (χ0v) is 30.8. The van der Waals surface area contributed by atoms with Crippen molar-refractivity contribution in [3.63, 3.8) is 0 Å². The van der Waals surface area contributed by atoms with Crippen molar-refractivity contribution in [3.05, 3.63) is 106 Å². The van der Waals surface area contributed by atoms with Gasteiger partial charge in [-0.15, -0.1) is 6.92 Å². The molecule has 0 bridgehead atoms. The summed E-state index contributed by atoms with van der Waals surface area (Å²) in [6, 6.07) is 26.1. The maximum absolute atomic E-state index is 4.11. The molecule has 0 saturated carbocycles. The van der Waals surface area contributed by atoms with Crippen LogP contribution in [0, 0.1) is 26.8 Å². The van der Waals surface area contributed by atoms with Gasteiger partial charge in [-0.1, -0.05) is 134 Å². The Labute approximate surface area is 273 Å². The van der Waals surface area contributed by atoms with Gasteiger partial charge in [-0.05, 0) is 36.3 Å². The molecule has 6 heteroatoms. The molecule has 0 spiro atoms. The van der Waals surface area contributed by atoms with Crippen molar-refractivity contribution in [1.29, 1.82) is 0 Å². The Morgan fingerprint density at radius 3 is 1.72 bits per heavy atom. The summed E-state index contributed by atoms with van der Waals surface area (Å²) in [6.45, 7) is 23.6. The molecule has 39 heavy (non-hydrogen) atoms. The average molecular weight is 648 g/mol. The Bertz CT molecular complexity index is 1360. The van der Waals surface area contributed by atoms with Gasteiger partial charge in [-0.3, -0.25) is 6.08 Å². The van der Waals surface area contributed by atoms with Gasteiger partial charge < -0.3 is 37.2 Å². The number of aryl methyl sites for hydroxylation is 3. The molecule has 0 radical (unpaired) electrons. The second-order valence-corrected chi connectivity index (χ2v) is 21.2. The molecular formula is C33H41Cl3Si2Ti. The van der Waals surface area contributed by atoms with Crippen LogP contribution in [0.3, 0.4) is 0 Å². The van der Waals surface area contributed by atoms with Crippen LogP contribution >= 0.6 is 0 Å².